The summed E-state index contributed by atoms with van der Waals surface area (Å²) >= 11 is 2.23. The molecule has 1 aromatic rings. The summed E-state index contributed by atoms with van der Waals surface area (Å²) in [5.41, 5.74) is 7.55. The molecule has 0 radical (unpaired) electrons. The first-order chi connectivity index (χ1) is 8.28. The van der Waals surface area contributed by atoms with Crippen molar-refractivity contribution in [1.82, 2.24) is 4.90 Å². The molecular weight excluding hydrogens is 339 g/mol. The van der Waals surface area contributed by atoms with E-state index in [1.54, 1.807) is 4.90 Å². The summed E-state index contributed by atoms with van der Waals surface area (Å²) in [5, 5.41) is 0. The van der Waals surface area contributed by atoms with Gasteiger partial charge in [-0.1, -0.05) is 26.0 Å². The van der Waals surface area contributed by atoms with Crippen LogP contribution < -0.4 is 5.73 Å². The van der Waals surface area contributed by atoms with E-state index in [-0.39, 0.29) is 11.3 Å². The van der Waals surface area contributed by atoms with Crippen LogP contribution in [-0.2, 0) is 0 Å². The van der Waals surface area contributed by atoms with Gasteiger partial charge in [-0.05, 0) is 53.1 Å². The van der Waals surface area contributed by atoms with Crippen LogP contribution in [0.4, 0.5) is 0 Å². The van der Waals surface area contributed by atoms with E-state index >= 15 is 0 Å². The minimum Gasteiger partial charge on any atom is -0.341 e. The van der Waals surface area contributed by atoms with E-state index < -0.39 is 0 Å². The Morgan fingerprint density at radius 2 is 2.06 bits per heavy atom. The molecular formula is C14H21IN2O. The first-order valence-electron chi connectivity index (χ1n) is 5.99. The zero-order chi connectivity index (χ0) is 13.9. The number of amides is 1. The third-order valence-electron chi connectivity index (χ3n) is 2.99. The summed E-state index contributed by atoms with van der Waals surface area (Å²) in [4.78, 5) is 14.1. The van der Waals surface area contributed by atoms with Gasteiger partial charge < -0.3 is 10.6 Å². The van der Waals surface area contributed by atoms with Crippen LogP contribution in [0.25, 0.3) is 0 Å². The fourth-order valence-electron chi connectivity index (χ4n) is 1.80. The average molecular weight is 360 g/mol. The molecule has 0 fully saturated rings. The fraction of sp³-hybridized carbons (Fsp3) is 0.500. The smallest absolute Gasteiger partial charge is 0.254 e. The molecule has 3 nitrogen and oxygen atoms in total. The van der Waals surface area contributed by atoms with Gasteiger partial charge in [-0.25, -0.2) is 0 Å². The SMILES string of the molecule is Cc1cccc(C(=O)N(C)CC(C)(C)CN)c1I. The Morgan fingerprint density at radius 1 is 1.44 bits per heavy atom. The minimum absolute atomic E-state index is 0.0559. The van der Waals surface area contributed by atoms with Crippen molar-refractivity contribution in [3.63, 3.8) is 0 Å². The van der Waals surface area contributed by atoms with Gasteiger partial charge in [0.1, 0.15) is 0 Å². The van der Waals surface area contributed by atoms with Gasteiger partial charge in [0.25, 0.3) is 5.91 Å². The van der Waals surface area contributed by atoms with Gasteiger partial charge in [-0.15, -0.1) is 0 Å². The Hall–Kier alpha value is -0.620. The number of hydrogen-bond donors (Lipinski definition) is 1. The molecule has 100 valence electrons. The van der Waals surface area contributed by atoms with Gasteiger partial charge >= 0.3 is 0 Å². The normalized spacial score (nSPS) is 11.4. The van der Waals surface area contributed by atoms with Crippen molar-refractivity contribution in [3.05, 3.63) is 32.9 Å². The maximum Gasteiger partial charge on any atom is 0.254 e. The Balaban J connectivity index is 2.91. The largest absolute Gasteiger partial charge is 0.341 e. The van der Waals surface area contributed by atoms with E-state index in [4.69, 9.17) is 5.73 Å². The molecule has 0 heterocycles. The van der Waals surface area contributed by atoms with Crippen LogP contribution in [-0.4, -0.2) is 30.9 Å². The molecule has 0 unspecified atom stereocenters. The number of nitrogens with two attached hydrogens (primary N) is 1. The van der Waals surface area contributed by atoms with Crippen molar-refractivity contribution >= 4 is 28.5 Å². The summed E-state index contributed by atoms with van der Waals surface area (Å²) < 4.78 is 1.03. The summed E-state index contributed by atoms with van der Waals surface area (Å²) in [6, 6.07) is 5.82. The monoisotopic (exact) mass is 360 g/mol. The lowest BCUT2D eigenvalue weighted by Crippen LogP contribution is -2.40. The molecule has 0 aliphatic carbocycles. The average Bonchev–Trinajstić information content (AvgIpc) is 2.31. The first-order valence-corrected chi connectivity index (χ1v) is 7.07. The van der Waals surface area contributed by atoms with Crippen LogP contribution in [0, 0.1) is 15.9 Å². The molecule has 1 aromatic carbocycles. The number of benzene rings is 1. The number of carbonyl (C=O) groups excluding carboxylic acids is 1. The predicted molar refractivity (Wildman–Crippen MR) is 83.7 cm³/mol. The highest BCUT2D eigenvalue weighted by atomic mass is 127. The quantitative estimate of drug-likeness (QED) is 0.840. The number of aryl methyl sites for hydroxylation is 1. The summed E-state index contributed by atoms with van der Waals surface area (Å²) in [6.07, 6.45) is 0. The van der Waals surface area contributed by atoms with Crippen LogP contribution in [0.1, 0.15) is 29.8 Å². The lowest BCUT2D eigenvalue weighted by Gasteiger charge is -2.29. The molecule has 0 aliphatic rings. The Morgan fingerprint density at radius 3 is 2.61 bits per heavy atom. The van der Waals surface area contributed by atoms with E-state index in [1.807, 2.05) is 32.2 Å². The number of nitrogens with zero attached hydrogens (tertiary/aromatic N) is 1. The van der Waals surface area contributed by atoms with Gasteiger partial charge in [-0.2, -0.15) is 0 Å². The molecule has 0 aliphatic heterocycles. The second-order valence-corrected chi connectivity index (χ2v) is 6.54. The van der Waals surface area contributed by atoms with Crippen LogP contribution in [0.15, 0.2) is 18.2 Å². The second kappa shape index (κ2) is 6.02. The van der Waals surface area contributed by atoms with E-state index in [0.29, 0.717) is 13.1 Å². The molecule has 0 bridgehead atoms. The van der Waals surface area contributed by atoms with Crippen LogP contribution in [0.5, 0.6) is 0 Å². The van der Waals surface area contributed by atoms with Crippen LogP contribution in [0.3, 0.4) is 0 Å². The standard InChI is InChI=1S/C14H21IN2O/c1-10-6-5-7-11(12(10)15)13(18)17(4)9-14(2,3)8-16/h5-7H,8-9,16H2,1-4H3. The molecule has 1 amide bonds. The van der Waals surface area contributed by atoms with E-state index in [1.165, 1.54) is 0 Å². The molecule has 4 heteroatoms. The topological polar surface area (TPSA) is 46.3 Å². The molecule has 0 spiro atoms. The third-order valence-corrected chi connectivity index (χ3v) is 4.42. The van der Waals surface area contributed by atoms with Gasteiger partial charge in [0, 0.05) is 17.2 Å². The van der Waals surface area contributed by atoms with Crippen molar-refractivity contribution in [2.45, 2.75) is 20.8 Å². The van der Waals surface area contributed by atoms with E-state index in [0.717, 1.165) is 14.7 Å². The molecule has 0 atom stereocenters. The summed E-state index contributed by atoms with van der Waals surface area (Å²) in [6.45, 7) is 7.38. The summed E-state index contributed by atoms with van der Waals surface area (Å²) in [5.74, 6) is 0.0598. The molecule has 18 heavy (non-hydrogen) atoms. The van der Waals surface area contributed by atoms with Crippen molar-refractivity contribution in [1.29, 1.82) is 0 Å². The van der Waals surface area contributed by atoms with Crippen LogP contribution >= 0.6 is 22.6 Å². The minimum atomic E-state index is -0.0559. The maximum absolute atomic E-state index is 12.4. The molecule has 0 saturated heterocycles. The number of hydrogen-bond acceptors (Lipinski definition) is 2. The van der Waals surface area contributed by atoms with E-state index in [2.05, 4.69) is 36.4 Å². The second-order valence-electron chi connectivity index (χ2n) is 5.47. The lowest BCUT2D eigenvalue weighted by atomic mass is 9.93. The number of halogens is 1. The highest BCUT2D eigenvalue weighted by Gasteiger charge is 2.23. The first kappa shape index (κ1) is 15.4. The summed E-state index contributed by atoms with van der Waals surface area (Å²) in [7, 11) is 1.83. The highest BCUT2D eigenvalue weighted by molar-refractivity contribution is 14.1. The van der Waals surface area contributed by atoms with Crippen molar-refractivity contribution in [2.24, 2.45) is 11.1 Å². The maximum atomic E-state index is 12.4. The highest BCUT2D eigenvalue weighted by Crippen LogP contribution is 2.20. The molecule has 2 N–H and O–H groups in total. The van der Waals surface area contributed by atoms with Crippen molar-refractivity contribution < 1.29 is 4.79 Å². The van der Waals surface area contributed by atoms with Gasteiger partial charge in [0.2, 0.25) is 0 Å². The van der Waals surface area contributed by atoms with Crippen LogP contribution in [0.2, 0.25) is 0 Å². The van der Waals surface area contributed by atoms with Gasteiger partial charge in [-0.3, -0.25) is 4.79 Å². The Labute approximate surface area is 123 Å². The van der Waals surface area contributed by atoms with E-state index in [9.17, 15) is 4.79 Å². The molecule has 1 rings (SSSR count). The zero-order valence-corrected chi connectivity index (χ0v) is 13.6. The van der Waals surface area contributed by atoms with Gasteiger partial charge in [0.05, 0.1) is 5.56 Å². The predicted octanol–water partition coefficient (Wildman–Crippen LogP) is 2.66. The number of carbonyl (C=O) groups is 1. The molecule has 0 saturated carbocycles. The lowest BCUT2D eigenvalue weighted by molar-refractivity contribution is 0.0739. The Kier molecular flexibility index (Phi) is 5.16. The Bertz CT molecular complexity index is 443. The zero-order valence-electron chi connectivity index (χ0n) is 11.5. The van der Waals surface area contributed by atoms with Gasteiger partial charge in [0.15, 0.2) is 0 Å². The third kappa shape index (κ3) is 3.68. The fourth-order valence-corrected chi connectivity index (χ4v) is 2.39. The van der Waals surface area contributed by atoms with Crippen molar-refractivity contribution in [3.8, 4) is 0 Å². The number of rotatable bonds is 4. The van der Waals surface area contributed by atoms with Crippen molar-refractivity contribution in [2.75, 3.05) is 20.1 Å². The molecule has 0 aromatic heterocycles.